The Bertz CT molecular complexity index is 1180. The minimum atomic E-state index is -0.457. The lowest BCUT2D eigenvalue weighted by Crippen LogP contribution is -2.42. The number of aromatic amines is 1. The van der Waals surface area contributed by atoms with Gasteiger partial charge < -0.3 is 14.6 Å². The summed E-state index contributed by atoms with van der Waals surface area (Å²) in [5.74, 6) is -0.990. The third-order valence-electron chi connectivity index (χ3n) is 7.57. The van der Waals surface area contributed by atoms with Gasteiger partial charge in [0, 0.05) is 35.1 Å². The van der Waals surface area contributed by atoms with Gasteiger partial charge in [-0.1, -0.05) is 24.3 Å². The van der Waals surface area contributed by atoms with E-state index in [-0.39, 0.29) is 29.5 Å². The van der Waals surface area contributed by atoms with E-state index in [1.165, 1.54) is 18.2 Å². The number of rotatable bonds is 4. The van der Waals surface area contributed by atoms with Crippen LogP contribution in [0.2, 0.25) is 0 Å². The summed E-state index contributed by atoms with van der Waals surface area (Å²) in [5, 5.41) is 1.06. The maximum Gasteiger partial charge on any atom is 0.271 e. The van der Waals surface area contributed by atoms with Gasteiger partial charge in [-0.3, -0.25) is 9.69 Å². The molecule has 5 nitrogen and oxygen atoms in total. The normalized spacial score (nSPS) is 23.6. The van der Waals surface area contributed by atoms with E-state index < -0.39 is 11.6 Å². The van der Waals surface area contributed by atoms with Crippen molar-refractivity contribution in [3.63, 3.8) is 0 Å². The van der Waals surface area contributed by atoms with Crippen LogP contribution in [-0.4, -0.2) is 59.1 Å². The number of carbonyl (C=O) groups excluding carboxylic acids is 1. The lowest BCUT2D eigenvalue weighted by molar-refractivity contribution is 0.0255. The number of nitrogens with one attached hydrogen (secondary N) is 1. The van der Waals surface area contributed by atoms with Gasteiger partial charge in [-0.25, -0.2) is 8.78 Å². The van der Waals surface area contributed by atoms with E-state index >= 15 is 0 Å². The number of nitrogens with zero attached hydrogens (tertiary/aromatic N) is 2. The van der Waals surface area contributed by atoms with Crippen molar-refractivity contribution in [3.8, 4) is 0 Å². The smallest absolute Gasteiger partial charge is 0.271 e. The van der Waals surface area contributed by atoms with Crippen LogP contribution in [0.3, 0.4) is 0 Å². The Morgan fingerprint density at radius 1 is 1.06 bits per heavy atom. The number of morpholine rings is 1. The minimum absolute atomic E-state index is 0.0420. The molecule has 2 bridgehead atoms. The van der Waals surface area contributed by atoms with Crippen molar-refractivity contribution < 1.29 is 18.3 Å². The molecule has 0 radical (unpaired) electrons. The number of halogens is 2. The Morgan fingerprint density at radius 3 is 2.52 bits per heavy atom. The molecular formula is C26H27F2N3O2. The number of benzene rings is 2. The zero-order chi connectivity index (χ0) is 22.5. The molecule has 0 spiro atoms. The van der Waals surface area contributed by atoms with Crippen LogP contribution in [0.1, 0.15) is 46.8 Å². The van der Waals surface area contributed by atoms with Crippen molar-refractivity contribution in [2.45, 2.75) is 43.9 Å². The van der Waals surface area contributed by atoms with Crippen LogP contribution >= 0.6 is 0 Å². The number of carbonyl (C=O) groups is 1. The molecule has 172 valence electrons. The first kappa shape index (κ1) is 20.8. The molecule has 3 fully saturated rings. The van der Waals surface area contributed by atoms with E-state index in [1.807, 2.05) is 23.1 Å². The Balaban J connectivity index is 1.23. The number of aromatic nitrogens is 1. The van der Waals surface area contributed by atoms with Crippen molar-refractivity contribution in [3.05, 3.63) is 70.9 Å². The van der Waals surface area contributed by atoms with Gasteiger partial charge in [0.05, 0.1) is 18.8 Å². The van der Waals surface area contributed by atoms with E-state index in [4.69, 9.17) is 4.74 Å². The van der Waals surface area contributed by atoms with E-state index in [9.17, 15) is 13.6 Å². The Morgan fingerprint density at radius 2 is 1.82 bits per heavy atom. The molecule has 7 heteroatoms. The summed E-state index contributed by atoms with van der Waals surface area (Å²) in [6, 6.07) is 12.3. The lowest BCUT2D eigenvalue weighted by atomic mass is 9.88. The number of hydrogen-bond donors (Lipinski definition) is 1. The van der Waals surface area contributed by atoms with Gasteiger partial charge in [0.1, 0.15) is 17.3 Å². The average molecular weight is 452 g/mol. The van der Waals surface area contributed by atoms with Crippen LogP contribution in [0, 0.1) is 11.6 Å². The largest absolute Gasteiger partial charge is 0.374 e. The Kier molecular flexibility index (Phi) is 5.18. The lowest BCUT2D eigenvalue weighted by Gasteiger charge is -2.33. The molecule has 3 aromatic rings. The second-order valence-corrected chi connectivity index (χ2v) is 9.51. The average Bonchev–Trinajstić information content (AvgIpc) is 3.55. The van der Waals surface area contributed by atoms with Crippen LogP contribution in [0.15, 0.2) is 42.5 Å². The van der Waals surface area contributed by atoms with Gasteiger partial charge in [0.2, 0.25) is 0 Å². The third kappa shape index (κ3) is 3.63. The first-order chi connectivity index (χ1) is 16.1. The summed E-state index contributed by atoms with van der Waals surface area (Å²) in [7, 11) is 0. The summed E-state index contributed by atoms with van der Waals surface area (Å²) in [6.07, 6.45) is 2.46. The second kappa shape index (κ2) is 8.22. The molecular weight excluding hydrogens is 424 g/mol. The molecule has 3 aliphatic heterocycles. The first-order valence-electron chi connectivity index (χ1n) is 11.8. The third-order valence-corrected chi connectivity index (χ3v) is 7.57. The van der Waals surface area contributed by atoms with E-state index in [0.717, 1.165) is 36.0 Å². The van der Waals surface area contributed by atoms with Crippen molar-refractivity contribution >= 4 is 16.8 Å². The predicted octanol–water partition coefficient (Wildman–Crippen LogP) is 4.44. The number of amides is 1. The zero-order valence-corrected chi connectivity index (χ0v) is 18.4. The number of para-hydroxylation sites is 1. The zero-order valence-electron chi connectivity index (χ0n) is 18.4. The summed E-state index contributed by atoms with van der Waals surface area (Å²) >= 11 is 0. The Labute approximate surface area is 191 Å². The molecule has 3 aliphatic rings. The topological polar surface area (TPSA) is 48.6 Å². The van der Waals surface area contributed by atoms with Gasteiger partial charge in [-0.15, -0.1) is 0 Å². The quantitative estimate of drug-likeness (QED) is 0.638. The Hall–Kier alpha value is -2.77. The SMILES string of the molecule is O=C(c1[nH]c2ccccc2c1CN1CCC(c2c(F)cccc2F)CC1)N1CC2C[C@H]1CO2. The molecule has 4 heterocycles. The van der Waals surface area contributed by atoms with Crippen molar-refractivity contribution in [2.24, 2.45) is 0 Å². The molecule has 2 aromatic carbocycles. The van der Waals surface area contributed by atoms with Gasteiger partial charge in [-0.2, -0.15) is 0 Å². The maximum atomic E-state index is 14.3. The molecule has 1 N–H and O–H groups in total. The fourth-order valence-electron chi connectivity index (χ4n) is 5.84. The van der Waals surface area contributed by atoms with Crippen molar-refractivity contribution in [2.75, 3.05) is 26.2 Å². The van der Waals surface area contributed by atoms with Gasteiger partial charge in [0.15, 0.2) is 0 Å². The predicted molar refractivity (Wildman–Crippen MR) is 121 cm³/mol. The van der Waals surface area contributed by atoms with E-state index in [0.29, 0.717) is 38.2 Å². The van der Waals surface area contributed by atoms with E-state index in [2.05, 4.69) is 16.0 Å². The monoisotopic (exact) mass is 451 g/mol. The fourth-order valence-corrected chi connectivity index (χ4v) is 5.84. The highest BCUT2D eigenvalue weighted by molar-refractivity contribution is 6.01. The summed E-state index contributed by atoms with van der Waals surface area (Å²) < 4.78 is 34.2. The molecule has 3 saturated heterocycles. The molecule has 2 atom stereocenters. The number of fused-ring (bicyclic) bond motifs is 3. The molecule has 33 heavy (non-hydrogen) atoms. The van der Waals surface area contributed by atoms with Crippen molar-refractivity contribution in [1.29, 1.82) is 0 Å². The van der Waals surface area contributed by atoms with Crippen LogP contribution in [-0.2, 0) is 11.3 Å². The number of hydrogen-bond acceptors (Lipinski definition) is 3. The highest BCUT2D eigenvalue weighted by Crippen LogP contribution is 2.35. The van der Waals surface area contributed by atoms with Crippen molar-refractivity contribution in [1.82, 2.24) is 14.8 Å². The second-order valence-electron chi connectivity index (χ2n) is 9.51. The van der Waals surface area contributed by atoms with Gasteiger partial charge in [0.25, 0.3) is 5.91 Å². The molecule has 6 rings (SSSR count). The van der Waals surface area contributed by atoms with Crippen LogP contribution in [0.5, 0.6) is 0 Å². The fraction of sp³-hybridized carbons (Fsp3) is 0.423. The highest BCUT2D eigenvalue weighted by Gasteiger charge is 2.42. The maximum absolute atomic E-state index is 14.3. The van der Waals surface area contributed by atoms with Crippen LogP contribution in [0.25, 0.3) is 10.9 Å². The summed E-state index contributed by atoms with van der Waals surface area (Å²) in [6.45, 7) is 3.36. The number of likely N-dealkylation sites (tertiary alicyclic amines) is 2. The molecule has 1 aromatic heterocycles. The first-order valence-corrected chi connectivity index (χ1v) is 11.8. The minimum Gasteiger partial charge on any atom is -0.374 e. The van der Waals surface area contributed by atoms with Gasteiger partial charge in [-0.05, 0) is 56.5 Å². The van der Waals surface area contributed by atoms with Gasteiger partial charge >= 0.3 is 0 Å². The molecule has 1 unspecified atom stereocenters. The molecule has 0 aliphatic carbocycles. The number of piperidine rings is 1. The van der Waals surface area contributed by atoms with E-state index in [1.54, 1.807) is 0 Å². The molecule has 0 saturated carbocycles. The summed E-state index contributed by atoms with van der Waals surface area (Å²) in [4.78, 5) is 21.1. The van der Waals surface area contributed by atoms with Crippen LogP contribution in [0.4, 0.5) is 8.78 Å². The standard InChI is InChI=1S/C26H27F2N3O2/c27-21-5-3-6-22(28)24(21)16-8-10-30(11-9-16)14-20-19-4-1-2-7-23(19)29-25(20)26(32)31-13-18-12-17(31)15-33-18/h1-7,16-18,29H,8-15H2/t17-,18?/m0/s1. The summed E-state index contributed by atoms with van der Waals surface area (Å²) in [5.41, 5.74) is 2.84. The molecule has 1 amide bonds. The number of H-pyrrole nitrogens is 1. The number of ether oxygens (including phenoxy) is 1. The van der Waals surface area contributed by atoms with Crippen LogP contribution < -0.4 is 0 Å². The highest BCUT2D eigenvalue weighted by atomic mass is 19.1.